The number of thioether (sulfide) groups is 1. The molecule has 146 valence electrons. The molecule has 0 aliphatic rings. The van der Waals surface area contributed by atoms with Crippen LogP contribution in [0.4, 0.5) is 10.1 Å². The van der Waals surface area contributed by atoms with E-state index in [9.17, 15) is 17.6 Å². The summed E-state index contributed by atoms with van der Waals surface area (Å²) in [5.41, 5.74) is 0.537. The van der Waals surface area contributed by atoms with E-state index in [2.05, 4.69) is 10.3 Å². The zero-order valence-electron chi connectivity index (χ0n) is 15.2. The average Bonchev–Trinajstić information content (AvgIpc) is 2.65. The predicted molar refractivity (Wildman–Crippen MR) is 105 cm³/mol. The van der Waals surface area contributed by atoms with E-state index in [1.165, 1.54) is 52.6 Å². The number of sulfonamides is 1. The van der Waals surface area contributed by atoms with Gasteiger partial charge in [0.15, 0.2) is 0 Å². The molecular formula is C18H22FN3O3S2. The van der Waals surface area contributed by atoms with Crippen LogP contribution in [0.15, 0.2) is 52.5 Å². The van der Waals surface area contributed by atoms with Gasteiger partial charge in [-0.2, -0.15) is 4.31 Å². The molecule has 1 N–H and O–H groups in total. The number of benzene rings is 1. The Labute approximate surface area is 163 Å². The lowest BCUT2D eigenvalue weighted by molar-refractivity contribution is -0.115. The van der Waals surface area contributed by atoms with Crippen LogP contribution in [0.2, 0.25) is 0 Å². The van der Waals surface area contributed by atoms with Gasteiger partial charge in [-0.3, -0.25) is 4.79 Å². The molecule has 0 radical (unpaired) electrons. The van der Waals surface area contributed by atoms with Gasteiger partial charge in [0.2, 0.25) is 15.9 Å². The summed E-state index contributed by atoms with van der Waals surface area (Å²) in [7, 11) is -3.52. The van der Waals surface area contributed by atoms with Crippen molar-refractivity contribution in [1.29, 1.82) is 0 Å². The molecular weight excluding hydrogens is 389 g/mol. The van der Waals surface area contributed by atoms with Crippen molar-refractivity contribution in [2.75, 3.05) is 24.2 Å². The fraction of sp³-hybridized carbons (Fsp3) is 0.333. The second kappa shape index (κ2) is 9.82. The first-order valence-corrected chi connectivity index (χ1v) is 10.9. The highest BCUT2D eigenvalue weighted by molar-refractivity contribution is 7.99. The van der Waals surface area contributed by atoms with Gasteiger partial charge in [-0.15, -0.1) is 11.8 Å². The number of carbonyl (C=O) groups is 1. The molecule has 1 aromatic heterocycles. The van der Waals surface area contributed by atoms with Gasteiger partial charge >= 0.3 is 0 Å². The van der Waals surface area contributed by atoms with Gasteiger partial charge in [0.1, 0.15) is 10.7 Å². The van der Waals surface area contributed by atoms with Crippen molar-refractivity contribution in [3.63, 3.8) is 0 Å². The maximum atomic E-state index is 12.8. The molecule has 0 fully saturated rings. The number of halogens is 1. The number of rotatable bonds is 9. The molecule has 0 saturated carbocycles. The summed E-state index contributed by atoms with van der Waals surface area (Å²) in [5.74, 6) is -0.0572. The molecule has 0 unspecified atom stereocenters. The summed E-state index contributed by atoms with van der Waals surface area (Å²) in [6.07, 6.45) is 1.60. The summed E-state index contributed by atoms with van der Waals surface area (Å²) in [5, 5.41) is 3.33. The van der Waals surface area contributed by atoms with Gasteiger partial charge in [0, 0.05) is 37.1 Å². The van der Waals surface area contributed by atoms with Crippen molar-refractivity contribution < 1.29 is 17.6 Å². The number of amides is 1. The standard InChI is InChI=1S/C18H22FN3O3S2/c1-3-22(4-2)27(24,25)16-9-10-18(20-13-16)26-12-11-17(23)21-15-7-5-14(19)6-8-15/h5-10,13H,3-4,11-12H2,1-2H3,(H,21,23). The molecule has 0 aliphatic carbocycles. The van der Waals surface area contributed by atoms with Gasteiger partial charge in [-0.25, -0.2) is 17.8 Å². The number of hydrogen-bond acceptors (Lipinski definition) is 5. The Morgan fingerprint density at radius 1 is 1.15 bits per heavy atom. The molecule has 9 heteroatoms. The third-order valence-electron chi connectivity index (χ3n) is 3.76. The van der Waals surface area contributed by atoms with E-state index >= 15 is 0 Å². The first kappa shape index (κ1) is 21.3. The molecule has 1 aromatic carbocycles. The molecule has 0 bridgehead atoms. The number of nitrogens with one attached hydrogen (secondary N) is 1. The maximum absolute atomic E-state index is 12.8. The smallest absolute Gasteiger partial charge is 0.244 e. The summed E-state index contributed by atoms with van der Waals surface area (Å²) in [6.45, 7) is 4.38. The minimum absolute atomic E-state index is 0.157. The van der Waals surface area contributed by atoms with E-state index in [0.717, 1.165) is 0 Å². The third-order valence-corrected chi connectivity index (χ3v) is 6.74. The van der Waals surface area contributed by atoms with Gasteiger partial charge in [-0.05, 0) is 36.4 Å². The maximum Gasteiger partial charge on any atom is 0.244 e. The molecule has 2 aromatic rings. The molecule has 1 heterocycles. The van der Waals surface area contributed by atoms with Gasteiger partial charge in [0.25, 0.3) is 0 Å². The van der Waals surface area contributed by atoms with Crippen LogP contribution in [-0.2, 0) is 14.8 Å². The van der Waals surface area contributed by atoms with Crippen molar-refractivity contribution in [1.82, 2.24) is 9.29 Å². The second-order valence-electron chi connectivity index (χ2n) is 5.57. The third kappa shape index (κ3) is 6.02. The van der Waals surface area contributed by atoms with E-state index in [1.807, 2.05) is 0 Å². The number of hydrogen-bond donors (Lipinski definition) is 1. The van der Waals surface area contributed by atoms with Crippen LogP contribution >= 0.6 is 11.8 Å². The molecule has 0 atom stereocenters. The molecule has 0 aliphatic heterocycles. The van der Waals surface area contributed by atoms with E-state index < -0.39 is 10.0 Å². The minimum Gasteiger partial charge on any atom is -0.326 e. The molecule has 0 saturated heterocycles. The minimum atomic E-state index is -3.52. The summed E-state index contributed by atoms with van der Waals surface area (Å²) in [4.78, 5) is 16.2. The normalized spacial score (nSPS) is 11.6. The highest BCUT2D eigenvalue weighted by Crippen LogP contribution is 2.20. The number of nitrogens with zero attached hydrogens (tertiary/aromatic N) is 2. The highest BCUT2D eigenvalue weighted by atomic mass is 32.2. The van der Waals surface area contributed by atoms with Crippen LogP contribution in [0.1, 0.15) is 20.3 Å². The average molecular weight is 412 g/mol. The predicted octanol–water partition coefficient (Wildman–Crippen LogP) is 3.37. The van der Waals surface area contributed by atoms with Crippen LogP contribution in [0, 0.1) is 5.82 Å². The summed E-state index contributed by atoms with van der Waals surface area (Å²) in [6, 6.07) is 8.72. The molecule has 0 spiro atoms. The Balaban J connectivity index is 1.86. The molecule has 6 nitrogen and oxygen atoms in total. The number of anilines is 1. The topological polar surface area (TPSA) is 79.4 Å². The lowest BCUT2D eigenvalue weighted by Crippen LogP contribution is -2.30. The van der Waals surface area contributed by atoms with E-state index in [1.54, 1.807) is 19.9 Å². The number of pyridine rings is 1. The van der Waals surface area contributed by atoms with Crippen molar-refractivity contribution in [2.24, 2.45) is 0 Å². The Kier molecular flexibility index (Phi) is 7.76. The van der Waals surface area contributed by atoms with Crippen LogP contribution in [0.5, 0.6) is 0 Å². The van der Waals surface area contributed by atoms with Gasteiger partial charge in [0.05, 0.1) is 5.03 Å². The quantitative estimate of drug-likeness (QED) is 0.640. The van der Waals surface area contributed by atoms with Gasteiger partial charge < -0.3 is 5.32 Å². The second-order valence-corrected chi connectivity index (χ2v) is 8.63. The van der Waals surface area contributed by atoms with E-state index in [0.29, 0.717) is 29.6 Å². The molecule has 27 heavy (non-hydrogen) atoms. The fourth-order valence-corrected chi connectivity index (χ4v) is 4.51. The summed E-state index contributed by atoms with van der Waals surface area (Å²) < 4.78 is 39.0. The lowest BCUT2D eigenvalue weighted by Gasteiger charge is -2.18. The van der Waals surface area contributed by atoms with E-state index in [4.69, 9.17) is 0 Å². The van der Waals surface area contributed by atoms with Crippen molar-refractivity contribution >= 4 is 33.4 Å². The zero-order valence-corrected chi connectivity index (χ0v) is 16.8. The van der Waals surface area contributed by atoms with Crippen LogP contribution in [0.25, 0.3) is 0 Å². The van der Waals surface area contributed by atoms with Crippen LogP contribution in [0.3, 0.4) is 0 Å². The van der Waals surface area contributed by atoms with Crippen molar-refractivity contribution in [3.05, 3.63) is 48.4 Å². The van der Waals surface area contributed by atoms with Crippen LogP contribution < -0.4 is 5.32 Å². The molecule has 1 amide bonds. The Bertz CT molecular complexity index is 852. The van der Waals surface area contributed by atoms with Crippen molar-refractivity contribution in [3.8, 4) is 0 Å². The van der Waals surface area contributed by atoms with Crippen LogP contribution in [-0.4, -0.2) is 42.5 Å². The Morgan fingerprint density at radius 2 is 1.81 bits per heavy atom. The SMILES string of the molecule is CCN(CC)S(=O)(=O)c1ccc(SCCC(=O)Nc2ccc(F)cc2)nc1. The molecule has 2 rings (SSSR count). The number of carbonyl (C=O) groups excluding carboxylic acids is 1. The summed E-state index contributed by atoms with van der Waals surface area (Å²) >= 11 is 1.36. The Morgan fingerprint density at radius 3 is 2.37 bits per heavy atom. The highest BCUT2D eigenvalue weighted by Gasteiger charge is 2.21. The number of aromatic nitrogens is 1. The van der Waals surface area contributed by atoms with Gasteiger partial charge in [-0.1, -0.05) is 13.8 Å². The fourth-order valence-electron chi connectivity index (χ4n) is 2.32. The first-order chi connectivity index (χ1) is 12.9. The van der Waals surface area contributed by atoms with E-state index in [-0.39, 0.29) is 23.0 Å². The zero-order chi connectivity index (χ0) is 19.9. The van der Waals surface area contributed by atoms with Crippen molar-refractivity contribution in [2.45, 2.75) is 30.2 Å². The first-order valence-electron chi connectivity index (χ1n) is 8.51. The largest absolute Gasteiger partial charge is 0.326 e. The Hall–Kier alpha value is -1.97. The monoisotopic (exact) mass is 411 g/mol. The lowest BCUT2D eigenvalue weighted by atomic mass is 10.3.